The molecule has 0 amide bonds. The predicted molar refractivity (Wildman–Crippen MR) is 59.0 cm³/mol. The molecular formula is C11H24B. The van der Waals surface area contributed by atoms with Gasteiger partial charge < -0.3 is 0 Å². The van der Waals surface area contributed by atoms with Gasteiger partial charge in [-0.25, -0.2) is 0 Å². The zero-order valence-electron chi connectivity index (χ0n) is 8.94. The molecule has 0 aromatic rings. The smallest absolute Gasteiger partial charge is 0.0803 e. The molecule has 0 unspecified atom stereocenters. The molecule has 12 heavy (non-hydrogen) atoms. The topological polar surface area (TPSA) is 0 Å². The molecule has 0 N–H and O–H groups in total. The van der Waals surface area contributed by atoms with Gasteiger partial charge in [0.1, 0.15) is 7.28 Å². The number of unbranched alkanes of at least 4 members (excludes halogenated alkanes) is 3. The Hall–Kier alpha value is 0.0649. The van der Waals surface area contributed by atoms with Gasteiger partial charge in [-0.2, -0.15) is 0 Å². The quantitative estimate of drug-likeness (QED) is 0.434. The van der Waals surface area contributed by atoms with E-state index in [9.17, 15) is 0 Å². The summed E-state index contributed by atoms with van der Waals surface area (Å²) in [6.07, 6.45) is 12.6. The average molecular weight is 167 g/mol. The summed E-state index contributed by atoms with van der Waals surface area (Å²) in [5.74, 6) is 0. The fourth-order valence-corrected chi connectivity index (χ4v) is 1.40. The maximum atomic E-state index is 2.39. The van der Waals surface area contributed by atoms with Crippen LogP contribution in [-0.4, -0.2) is 7.28 Å². The summed E-state index contributed by atoms with van der Waals surface area (Å²) in [5, 5.41) is 0. The molecule has 0 saturated carbocycles. The second kappa shape index (κ2) is 11.1. The van der Waals surface area contributed by atoms with Gasteiger partial charge in [0, 0.05) is 0 Å². The van der Waals surface area contributed by atoms with E-state index >= 15 is 0 Å². The van der Waals surface area contributed by atoms with Gasteiger partial charge in [0.25, 0.3) is 0 Å². The van der Waals surface area contributed by atoms with Crippen molar-refractivity contribution in [1.29, 1.82) is 0 Å². The highest BCUT2D eigenvalue weighted by atomic mass is 13.9. The standard InChI is InChI=1S/C6H14.C5H10B/c1-3-5-6-4-2;1-2-4-6-5-3-1/h3-6H2,1-2H3;1-5H2. The van der Waals surface area contributed by atoms with Crippen molar-refractivity contribution in [2.24, 2.45) is 0 Å². The fourth-order valence-electron chi connectivity index (χ4n) is 1.40. The van der Waals surface area contributed by atoms with Crippen molar-refractivity contribution >= 4 is 7.28 Å². The van der Waals surface area contributed by atoms with Crippen molar-refractivity contribution in [3.05, 3.63) is 0 Å². The first kappa shape index (κ1) is 12.1. The van der Waals surface area contributed by atoms with Gasteiger partial charge >= 0.3 is 0 Å². The molecule has 0 bridgehead atoms. The molecule has 1 fully saturated rings. The lowest BCUT2D eigenvalue weighted by molar-refractivity contribution is 0.702. The zero-order valence-corrected chi connectivity index (χ0v) is 8.94. The van der Waals surface area contributed by atoms with Gasteiger partial charge in [0.15, 0.2) is 0 Å². The Morgan fingerprint density at radius 1 is 0.833 bits per heavy atom. The maximum absolute atomic E-state index is 2.39. The Morgan fingerprint density at radius 2 is 1.33 bits per heavy atom. The van der Waals surface area contributed by atoms with Gasteiger partial charge in [-0.3, -0.25) is 0 Å². The van der Waals surface area contributed by atoms with E-state index in [0.717, 1.165) is 0 Å². The number of hydrogen-bond donors (Lipinski definition) is 0. The SMILES string of the molecule is CCCCCC.[B]1CCCCC1. The summed E-state index contributed by atoms with van der Waals surface area (Å²) < 4.78 is 0. The molecule has 0 nitrogen and oxygen atoms in total. The van der Waals surface area contributed by atoms with Gasteiger partial charge in [0.2, 0.25) is 0 Å². The van der Waals surface area contributed by atoms with Crippen molar-refractivity contribution in [2.45, 2.75) is 71.4 Å². The Kier molecular flexibility index (Phi) is 11.1. The third kappa shape index (κ3) is 10.1. The van der Waals surface area contributed by atoms with Crippen molar-refractivity contribution in [2.75, 3.05) is 0 Å². The summed E-state index contributed by atoms with van der Waals surface area (Å²) in [6.45, 7) is 4.46. The summed E-state index contributed by atoms with van der Waals surface area (Å²) in [4.78, 5) is 0. The molecule has 1 aliphatic heterocycles. The van der Waals surface area contributed by atoms with Crippen LogP contribution in [0.3, 0.4) is 0 Å². The minimum atomic E-state index is 1.36. The van der Waals surface area contributed by atoms with E-state index in [-0.39, 0.29) is 0 Å². The first-order valence-electron chi connectivity index (χ1n) is 5.73. The van der Waals surface area contributed by atoms with Crippen LogP contribution in [0.25, 0.3) is 0 Å². The van der Waals surface area contributed by atoms with Crippen molar-refractivity contribution in [3.63, 3.8) is 0 Å². The van der Waals surface area contributed by atoms with Crippen LogP contribution in [0.4, 0.5) is 0 Å². The fraction of sp³-hybridized carbons (Fsp3) is 1.00. The molecule has 0 aromatic carbocycles. The van der Waals surface area contributed by atoms with E-state index < -0.39 is 0 Å². The molecule has 1 rings (SSSR count). The molecule has 0 aromatic heterocycles. The molecule has 71 valence electrons. The van der Waals surface area contributed by atoms with Gasteiger partial charge in [-0.1, -0.05) is 71.4 Å². The number of rotatable bonds is 3. The monoisotopic (exact) mass is 167 g/mol. The Morgan fingerprint density at radius 3 is 1.50 bits per heavy atom. The molecule has 1 aliphatic rings. The molecule has 0 spiro atoms. The van der Waals surface area contributed by atoms with Crippen LogP contribution in [-0.2, 0) is 0 Å². The minimum Gasteiger partial charge on any atom is -0.0803 e. The third-order valence-corrected chi connectivity index (χ3v) is 2.27. The third-order valence-electron chi connectivity index (χ3n) is 2.27. The largest absolute Gasteiger partial charge is 0.109 e. The lowest BCUT2D eigenvalue weighted by Crippen LogP contribution is -1.94. The first-order valence-corrected chi connectivity index (χ1v) is 5.73. The highest BCUT2D eigenvalue weighted by molar-refractivity contribution is 6.35. The van der Waals surface area contributed by atoms with Crippen LogP contribution in [0.1, 0.15) is 58.8 Å². The van der Waals surface area contributed by atoms with Crippen molar-refractivity contribution in [3.8, 4) is 0 Å². The summed E-state index contributed by atoms with van der Waals surface area (Å²) in [5.41, 5.74) is 0. The Balaban J connectivity index is 0.000000202. The predicted octanol–water partition coefficient (Wildman–Crippen LogP) is 4.30. The Labute approximate surface area is 79.4 Å². The molecule has 1 radical (unpaired) electrons. The lowest BCUT2D eigenvalue weighted by atomic mass is 9.64. The van der Waals surface area contributed by atoms with Crippen LogP contribution < -0.4 is 0 Å². The van der Waals surface area contributed by atoms with Crippen LogP contribution in [0.2, 0.25) is 12.6 Å². The highest BCUT2D eigenvalue weighted by Crippen LogP contribution is 2.10. The molecular weight excluding hydrogens is 143 g/mol. The van der Waals surface area contributed by atoms with Crippen LogP contribution >= 0.6 is 0 Å². The van der Waals surface area contributed by atoms with E-state index in [1.807, 2.05) is 0 Å². The van der Waals surface area contributed by atoms with Gasteiger partial charge in [0.05, 0.1) is 0 Å². The molecule has 1 heteroatoms. The summed E-state index contributed by atoms with van der Waals surface area (Å²) >= 11 is 0. The van der Waals surface area contributed by atoms with E-state index in [1.54, 1.807) is 0 Å². The van der Waals surface area contributed by atoms with Crippen LogP contribution in [0, 0.1) is 0 Å². The zero-order chi connectivity index (χ0) is 9.07. The lowest BCUT2D eigenvalue weighted by Gasteiger charge is -2.04. The van der Waals surface area contributed by atoms with Crippen molar-refractivity contribution < 1.29 is 0 Å². The van der Waals surface area contributed by atoms with E-state index in [4.69, 9.17) is 0 Å². The minimum absolute atomic E-state index is 1.36. The van der Waals surface area contributed by atoms with E-state index in [0.29, 0.717) is 0 Å². The molecule has 1 heterocycles. The highest BCUT2D eigenvalue weighted by Gasteiger charge is 1.97. The van der Waals surface area contributed by atoms with Crippen molar-refractivity contribution in [1.82, 2.24) is 0 Å². The molecule has 1 saturated heterocycles. The van der Waals surface area contributed by atoms with Gasteiger partial charge in [-0.15, -0.1) is 0 Å². The average Bonchev–Trinajstić information content (AvgIpc) is 2.18. The number of hydrogen-bond acceptors (Lipinski definition) is 0. The van der Waals surface area contributed by atoms with Gasteiger partial charge in [-0.05, 0) is 0 Å². The molecule has 0 atom stereocenters. The van der Waals surface area contributed by atoms with Crippen LogP contribution in [0.15, 0.2) is 0 Å². The van der Waals surface area contributed by atoms with E-state index in [2.05, 4.69) is 21.1 Å². The van der Waals surface area contributed by atoms with Crippen LogP contribution in [0.5, 0.6) is 0 Å². The maximum Gasteiger partial charge on any atom is 0.109 e. The van der Waals surface area contributed by atoms with E-state index in [1.165, 1.54) is 57.6 Å². The second-order valence-electron chi connectivity index (χ2n) is 3.63. The summed E-state index contributed by atoms with van der Waals surface area (Å²) in [6, 6.07) is 0. The second-order valence-corrected chi connectivity index (χ2v) is 3.63. The Bertz CT molecular complexity index is 51.9. The summed E-state index contributed by atoms with van der Waals surface area (Å²) in [7, 11) is 2.39. The molecule has 0 aliphatic carbocycles. The first-order chi connectivity index (χ1) is 5.91. The normalized spacial score (nSPS) is 15.8.